The second kappa shape index (κ2) is 3.36. The van der Waals surface area contributed by atoms with E-state index in [-0.39, 0.29) is 0 Å². The second-order valence-corrected chi connectivity index (χ2v) is 3.54. The molecule has 60 valence electrons. The van der Waals surface area contributed by atoms with Crippen LogP contribution in [0, 0.1) is 4.64 Å². The molecule has 4 heteroatoms. The molecule has 1 aromatic rings. The number of rotatable bonds is 1. The quantitative estimate of drug-likeness (QED) is 0.401. The molecule has 1 heterocycles. The van der Waals surface area contributed by atoms with E-state index in [0.717, 1.165) is 5.82 Å². The Morgan fingerprint density at radius 2 is 2.27 bits per heavy atom. The largest absolute Gasteiger partial charge is 0.335 e. The SMILES string of the molecule is CC(C)c1nc(S)cc(=S)[nH]1. The van der Waals surface area contributed by atoms with Gasteiger partial charge < -0.3 is 4.98 Å². The summed E-state index contributed by atoms with van der Waals surface area (Å²) in [5, 5.41) is 0.678. The third-order valence-corrected chi connectivity index (χ3v) is 1.74. The zero-order valence-corrected chi connectivity index (χ0v) is 8.17. The normalized spacial score (nSPS) is 10.5. The lowest BCUT2D eigenvalue weighted by Crippen LogP contribution is -1.97. The average molecular weight is 186 g/mol. The highest BCUT2D eigenvalue weighted by Gasteiger charge is 2.00. The Labute approximate surface area is 76.5 Å². The highest BCUT2D eigenvalue weighted by atomic mass is 32.1. The van der Waals surface area contributed by atoms with E-state index >= 15 is 0 Å². The van der Waals surface area contributed by atoms with Gasteiger partial charge in [0.2, 0.25) is 0 Å². The summed E-state index contributed by atoms with van der Waals surface area (Å²) in [6, 6.07) is 1.73. The molecule has 0 aliphatic heterocycles. The lowest BCUT2D eigenvalue weighted by molar-refractivity contribution is 0.751. The van der Waals surface area contributed by atoms with Gasteiger partial charge in [0.1, 0.15) is 10.5 Å². The molecule has 11 heavy (non-hydrogen) atoms. The van der Waals surface area contributed by atoms with Crippen molar-refractivity contribution in [3.05, 3.63) is 16.5 Å². The van der Waals surface area contributed by atoms with E-state index in [1.165, 1.54) is 0 Å². The number of nitrogens with one attached hydrogen (secondary N) is 1. The van der Waals surface area contributed by atoms with E-state index in [1.807, 2.05) is 0 Å². The summed E-state index contributed by atoms with van der Waals surface area (Å²) in [7, 11) is 0. The number of H-pyrrole nitrogens is 1. The van der Waals surface area contributed by atoms with Crippen molar-refractivity contribution in [2.45, 2.75) is 24.8 Å². The molecule has 0 saturated heterocycles. The molecule has 0 fully saturated rings. The summed E-state index contributed by atoms with van der Waals surface area (Å²) in [5.74, 6) is 1.26. The summed E-state index contributed by atoms with van der Waals surface area (Å²) >= 11 is 9.08. The van der Waals surface area contributed by atoms with Crippen LogP contribution in [0.3, 0.4) is 0 Å². The molecule has 0 saturated carbocycles. The number of hydrogen-bond acceptors (Lipinski definition) is 3. The number of aromatic nitrogens is 2. The Morgan fingerprint density at radius 1 is 1.64 bits per heavy atom. The Bertz CT molecular complexity index is 304. The van der Waals surface area contributed by atoms with Gasteiger partial charge in [-0.05, 0) is 0 Å². The molecular weight excluding hydrogens is 176 g/mol. The van der Waals surface area contributed by atoms with Crippen LogP contribution in [-0.4, -0.2) is 9.97 Å². The van der Waals surface area contributed by atoms with Gasteiger partial charge in [0, 0.05) is 12.0 Å². The van der Waals surface area contributed by atoms with Gasteiger partial charge in [-0.25, -0.2) is 4.98 Å². The van der Waals surface area contributed by atoms with Gasteiger partial charge in [0.15, 0.2) is 0 Å². The van der Waals surface area contributed by atoms with Crippen molar-refractivity contribution >= 4 is 24.8 Å². The second-order valence-electron chi connectivity index (χ2n) is 2.64. The predicted molar refractivity (Wildman–Crippen MR) is 50.8 cm³/mol. The topological polar surface area (TPSA) is 28.7 Å². The first kappa shape index (κ1) is 8.74. The van der Waals surface area contributed by atoms with Crippen molar-refractivity contribution in [3.8, 4) is 0 Å². The van der Waals surface area contributed by atoms with Crippen LogP contribution >= 0.6 is 24.8 Å². The summed E-state index contributed by atoms with van der Waals surface area (Å²) < 4.78 is 0.689. The van der Waals surface area contributed by atoms with Gasteiger partial charge in [-0.1, -0.05) is 26.1 Å². The maximum Gasteiger partial charge on any atom is 0.110 e. The van der Waals surface area contributed by atoms with Crippen molar-refractivity contribution in [2.24, 2.45) is 0 Å². The average Bonchev–Trinajstić information content (AvgIpc) is 1.85. The fourth-order valence-electron chi connectivity index (χ4n) is 0.737. The molecule has 0 radical (unpaired) electrons. The van der Waals surface area contributed by atoms with Crippen LogP contribution in [0.15, 0.2) is 11.1 Å². The van der Waals surface area contributed by atoms with Crippen molar-refractivity contribution in [2.75, 3.05) is 0 Å². The molecule has 1 rings (SSSR count). The Kier molecular flexibility index (Phi) is 2.67. The molecule has 1 N–H and O–H groups in total. The van der Waals surface area contributed by atoms with Crippen molar-refractivity contribution in [1.82, 2.24) is 9.97 Å². The van der Waals surface area contributed by atoms with Gasteiger partial charge in [-0.3, -0.25) is 0 Å². The van der Waals surface area contributed by atoms with E-state index in [4.69, 9.17) is 12.2 Å². The van der Waals surface area contributed by atoms with E-state index in [1.54, 1.807) is 6.07 Å². The van der Waals surface area contributed by atoms with Gasteiger partial charge in [0.05, 0.1) is 5.03 Å². The van der Waals surface area contributed by atoms with Crippen molar-refractivity contribution < 1.29 is 0 Å². The maximum atomic E-state index is 4.96. The third-order valence-electron chi connectivity index (χ3n) is 1.29. The van der Waals surface area contributed by atoms with Crippen LogP contribution < -0.4 is 0 Å². The molecular formula is C7H10N2S2. The highest BCUT2D eigenvalue weighted by molar-refractivity contribution is 7.80. The maximum absolute atomic E-state index is 4.96. The van der Waals surface area contributed by atoms with Crippen LogP contribution in [0.5, 0.6) is 0 Å². The van der Waals surface area contributed by atoms with Crippen LogP contribution in [-0.2, 0) is 0 Å². The fraction of sp³-hybridized carbons (Fsp3) is 0.429. The van der Waals surface area contributed by atoms with Crippen LogP contribution in [0.1, 0.15) is 25.6 Å². The Balaban J connectivity index is 3.19. The molecule has 0 unspecified atom stereocenters. The molecule has 0 aliphatic carbocycles. The molecule has 0 spiro atoms. The molecule has 0 aliphatic rings. The Hall–Kier alpha value is -0.350. The molecule has 0 aromatic carbocycles. The van der Waals surface area contributed by atoms with E-state index in [9.17, 15) is 0 Å². The summed E-state index contributed by atoms with van der Waals surface area (Å²) in [4.78, 5) is 7.18. The number of hydrogen-bond donors (Lipinski definition) is 2. The zero-order chi connectivity index (χ0) is 8.43. The monoisotopic (exact) mass is 186 g/mol. The Morgan fingerprint density at radius 3 is 2.73 bits per heavy atom. The van der Waals surface area contributed by atoms with Gasteiger partial charge in [-0.15, -0.1) is 12.6 Å². The first-order valence-corrected chi connectivity index (χ1v) is 4.25. The molecule has 0 amide bonds. The number of nitrogens with zero attached hydrogens (tertiary/aromatic N) is 1. The molecule has 1 aromatic heterocycles. The zero-order valence-electron chi connectivity index (χ0n) is 6.46. The minimum atomic E-state index is 0.365. The summed E-state index contributed by atoms with van der Waals surface area (Å²) in [5.41, 5.74) is 0. The number of aromatic amines is 1. The summed E-state index contributed by atoms with van der Waals surface area (Å²) in [6.07, 6.45) is 0. The molecule has 0 atom stereocenters. The first-order valence-electron chi connectivity index (χ1n) is 3.40. The van der Waals surface area contributed by atoms with Crippen molar-refractivity contribution in [1.29, 1.82) is 0 Å². The summed E-state index contributed by atoms with van der Waals surface area (Å²) in [6.45, 7) is 4.11. The minimum Gasteiger partial charge on any atom is -0.335 e. The standard InChI is InChI=1S/C7H10N2S2/c1-4(2)7-8-5(10)3-6(11)9-7/h3-4H,1-2H3,(H2,8,9,10,11). The van der Waals surface area contributed by atoms with Crippen LogP contribution in [0.2, 0.25) is 0 Å². The van der Waals surface area contributed by atoms with Crippen LogP contribution in [0.25, 0.3) is 0 Å². The lowest BCUT2D eigenvalue weighted by atomic mass is 10.2. The van der Waals surface area contributed by atoms with Gasteiger partial charge in [0.25, 0.3) is 0 Å². The smallest absolute Gasteiger partial charge is 0.110 e. The van der Waals surface area contributed by atoms with Crippen molar-refractivity contribution in [3.63, 3.8) is 0 Å². The lowest BCUT2D eigenvalue weighted by Gasteiger charge is -2.03. The van der Waals surface area contributed by atoms with E-state index in [2.05, 4.69) is 36.4 Å². The minimum absolute atomic E-state index is 0.365. The van der Waals surface area contributed by atoms with E-state index < -0.39 is 0 Å². The van der Waals surface area contributed by atoms with Gasteiger partial charge in [-0.2, -0.15) is 0 Å². The van der Waals surface area contributed by atoms with Crippen LogP contribution in [0.4, 0.5) is 0 Å². The van der Waals surface area contributed by atoms with Gasteiger partial charge >= 0.3 is 0 Å². The molecule has 2 nitrogen and oxygen atoms in total. The van der Waals surface area contributed by atoms with E-state index in [0.29, 0.717) is 15.6 Å². The predicted octanol–water partition coefficient (Wildman–Crippen LogP) is 2.55. The molecule has 0 bridgehead atoms. The first-order chi connectivity index (χ1) is 5.09. The highest BCUT2D eigenvalue weighted by Crippen LogP contribution is 2.10. The fourth-order valence-corrected chi connectivity index (χ4v) is 1.28. The number of thiol groups is 1. The third kappa shape index (κ3) is 2.31.